The zero-order valence-corrected chi connectivity index (χ0v) is 19.3. The molecule has 0 atom stereocenters. The van der Waals surface area contributed by atoms with Crippen LogP contribution < -0.4 is 29.9 Å². The first-order valence-electron chi connectivity index (χ1n) is 9.95. The van der Waals surface area contributed by atoms with Crippen molar-refractivity contribution in [1.82, 2.24) is 15.2 Å². The number of aryl methyl sites for hydroxylation is 1. The Kier molecular flexibility index (Phi) is 7.07. The van der Waals surface area contributed by atoms with Gasteiger partial charge in [-0.3, -0.25) is 14.7 Å². The molecule has 0 radical (unpaired) electrons. The second-order valence-corrected chi connectivity index (χ2v) is 7.00. The van der Waals surface area contributed by atoms with Gasteiger partial charge >= 0.3 is 0 Å². The van der Waals surface area contributed by atoms with Crippen molar-refractivity contribution in [3.63, 3.8) is 0 Å². The Balaban J connectivity index is 1.88. The number of rotatable bonds is 8. The molecule has 2 N–H and O–H groups in total. The molecule has 0 aliphatic heterocycles. The molecule has 3 rings (SSSR count). The first-order valence-corrected chi connectivity index (χ1v) is 9.95. The van der Waals surface area contributed by atoms with Gasteiger partial charge in [0.15, 0.2) is 11.5 Å². The predicted octanol–water partition coefficient (Wildman–Crippen LogP) is 2.66. The number of carbonyl (C=O) groups excluding carboxylic acids is 1. The van der Waals surface area contributed by atoms with E-state index >= 15 is 0 Å². The van der Waals surface area contributed by atoms with Crippen LogP contribution in [0.3, 0.4) is 0 Å². The minimum Gasteiger partial charge on any atom is -0.497 e. The number of aromatic amines is 1. The molecule has 0 aliphatic carbocycles. The van der Waals surface area contributed by atoms with Gasteiger partial charge in [0.25, 0.3) is 11.5 Å². The maximum absolute atomic E-state index is 13.0. The third-order valence-electron chi connectivity index (χ3n) is 5.02. The summed E-state index contributed by atoms with van der Waals surface area (Å²) >= 11 is 0. The molecule has 1 amide bonds. The molecule has 1 aromatic heterocycles. The Hall–Kier alpha value is -4.21. The quantitative estimate of drug-likeness (QED) is 0.399. The van der Waals surface area contributed by atoms with E-state index in [-0.39, 0.29) is 11.1 Å². The second-order valence-electron chi connectivity index (χ2n) is 7.00. The molecule has 1 heterocycles. The summed E-state index contributed by atoms with van der Waals surface area (Å²) in [4.78, 5) is 25.7. The fourth-order valence-corrected chi connectivity index (χ4v) is 3.35. The van der Waals surface area contributed by atoms with E-state index in [1.807, 2.05) is 0 Å². The molecule has 0 bridgehead atoms. The first kappa shape index (κ1) is 23.5. The fraction of sp³-hybridized carbons (Fsp3) is 0.261. The van der Waals surface area contributed by atoms with Gasteiger partial charge in [-0.25, -0.2) is 10.1 Å². The molecular formula is C23H26N4O6. The van der Waals surface area contributed by atoms with Crippen LogP contribution in [-0.4, -0.2) is 49.8 Å². The topological polar surface area (TPSA) is 116 Å². The maximum Gasteiger partial charge on any atom is 0.280 e. The van der Waals surface area contributed by atoms with Crippen molar-refractivity contribution >= 4 is 11.6 Å². The smallest absolute Gasteiger partial charge is 0.280 e. The average molecular weight is 454 g/mol. The van der Waals surface area contributed by atoms with Gasteiger partial charge < -0.3 is 18.9 Å². The van der Waals surface area contributed by atoms with Crippen molar-refractivity contribution in [2.45, 2.75) is 13.8 Å². The van der Waals surface area contributed by atoms with Gasteiger partial charge in [-0.15, -0.1) is 0 Å². The number of carbonyl (C=O) groups is 1. The third kappa shape index (κ3) is 4.69. The molecule has 0 saturated carbocycles. The van der Waals surface area contributed by atoms with Crippen LogP contribution in [0.15, 0.2) is 46.3 Å². The maximum atomic E-state index is 13.0. The van der Waals surface area contributed by atoms with Gasteiger partial charge in [0.2, 0.25) is 5.75 Å². The molecule has 0 unspecified atom stereocenters. The van der Waals surface area contributed by atoms with Crippen molar-refractivity contribution in [3.8, 4) is 28.7 Å². The molecular weight excluding hydrogens is 428 g/mol. The first-order chi connectivity index (χ1) is 15.8. The second kappa shape index (κ2) is 9.94. The van der Waals surface area contributed by atoms with Gasteiger partial charge in [-0.05, 0) is 50.2 Å². The van der Waals surface area contributed by atoms with E-state index in [4.69, 9.17) is 18.9 Å². The highest BCUT2D eigenvalue weighted by molar-refractivity contribution is 6.01. The van der Waals surface area contributed by atoms with E-state index in [1.165, 1.54) is 38.1 Å². The molecule has 0 saturated heterocycles. The number of benzene rings is 2. The van der Waals surface area contributed by atoms with Crippen LogP contribution in [0.1, 0.15) is 28.5 Å². The molecule has 10 nitrogen and oxygen atoms in total. The number of hydrogen-bond donors (Lipinski definition) is 2. The SMILES string of the molecule is COc1ccc(-n2[nH]c(C)c(/C(C)=N/NC(=O)c3cc(OC)c(OC)c(OC)c3)c2=O)cc1. The van der Waals surface area contributed by atoms with Crippen LogP contribution in [0.4, 0.5) is 0 Å². The van der Waals surface area contributed by atoms with Crippen LogP contribution in [-0.2, 0) is 0 Å². The molecule has 10 heteroatoms. The number of ether oxygens (including phenoxy) is 4. The van der Waals surface area contributed by atoms with Gasteiger partial charge in [-0.2, -0.15) is 5.10 Å². The number of hydrazone groups is 1. The molecule has 0 aliphatic rings. The van der Waals surface area contributed by atoms with Crippen molar-refractivity contribution in [2.24, 2.45) is 5.10 Å². The number of nitrogens with one attached hydrogen (secondary N) is 2. The number of hydrogen-bond acceptors (Lipinski definition) is 7. The minimum absolute atomic E-state index is 0.252. The Labute approximate surface area is 190 Å². The van der Waals surface area contributed by atoms with Crippen LogP contribution in [0.25, 0.3) is 5.69 Å². The normalized spacial score (nSPS) is 11.2. The van der Waals surface area contributed by atoms with Crippen LogP contribution >= 0.6 is 0 Å². The summed E-state index contributed by atoms with van der Waals surface area (Å²) in [5, 5.41) is 7.16. The Morgan fingerprint density at radius 3 is 2.09 bits per heavy atom. The fourth-order valence-electron chi connectivity index (χ4n) is 3.35. The number of amides is 1. The molecule has 3 aromatic rings. The lowest BCUT2D eigenvalue weighted by molar-refractivity contribution is 0.0954. The van der Waals surface area contributed by atoms with E-state index in [2.05, 4.69) is 15.6 Å². The largest absolute Gasteiger partial charge is 0.497 e. The number of methoxy groups -OCH3 is 4. The zero-order valence-electron chi connectivity index (χ0n) is 19.3. The monoisotopic (exact) mass is 454 g/mol. The lowest BCUT2D eigenvalue weighted by Gasteiger charge is -2.13. The lowest BCUT2D eigenvalue weighted by atomic mass is 10.1. The van der Waals surface area contributed by atoms with Gasteiger partial charge in [0, 0.05) is 11.3 Å². The van der Waals surface area contributed by atoms with Crippen molar-refractivity contribution in [3.05, 3.63) is 63.6 Å². The summed E-state index contributed by atoms with van der Waals surface area (Å²) in [6.45, 7) is 3.40. The summed E-state index contributed by atoms with van der Waals surface area (Å²) in [6.07, 6.45) is 0. The van der Waals surface area contributed by atoms with Crippen molar-refractivity contribution in [2.75, 3.05) is 28.4 Å². The highest BCUT2D eigenvalue weighted by Gasteiger charge is 2.18. The molecule has 0 fully saturated rings. The summed E-state index contributed by atoms with van der Waals surface area (Å²) in [6, 6.07) is 10.1. The minimum atomic E-state index is -0.503. The van der Waals surface area contributed by atoms with E-state index in [0.717, 1.165) is 0 Å². The van der Waals surface area contributed by atoms with E-state index in [0.29, 0.717) is 45.7 Å². The standard InChI is InChI=1S/C23H26N4O6/c1-13(20-14(2)26-27(23(20)29)16-7-9-17(30-3)10-8-16)24-25-22(28)15-11-18(31-4)21(33-6)19(12-15)32-5/h7-12,26H,1-6H3,(H,25,28)/b24-13+. The van der Waals surface area contributed by atoms with Gasteiger partial charge in [-0.1, -0.05) is 0 Å². The molecule has 0 spiro atoms. The third-order valence-corrected chi connectivity index (χ3v) is 5.02. The lowest BCUT2D eigenvalue weighted by Crippen LogP contribution is -2.23. The van der Waals surface area contributed by atoms with E-state index in [1.54, 1.807) is 45.2 Å². The molecule has 33 heavy (non-hydrogen) atoms. The summed E-state index contributed by atoms with van der Waals surface area (Å²) in [5.74, 6) is 1.23. The van der Waals surface area contributed by atoms with Crippen LogP contribution in [0, 0.1) is 6.92 Å². The van der Waals surface area contributed by atoms with Crippen LogP contribution in [0.5, 0.6) is 23.0 Å². The summed E-state index contributed by atoms with van der Waals surface area (Å²) < 4.78 is 22.4. The average Bonchev–Trinajstić information content (AvgIpc) is 3.14. The van der Waals surface area contributed by atoms with Crippen LogP contribution in [0.2, 0.25) is 0 Å². The Morgan fingerprint density at radius 2 is 1.58 bits per heavy atom. The van der Waals surface area contributed by atoms with Crippen molar-refractivity contribution < 1.29 is 23.7 Å². The van der Waals surface area contributed by atoms with E-state index < -0.39 is 5.91 Å². The number of nitrogens with zero attached hydrogens (tertiary/aromatic N) is 2. The molecule has 2 aromatic carbocycles. The number of aromatic nitrogens is 2. The Morgan fingerprint density at radius 1 is 0.970 bits per heavy atom. The summed E-state index contributed by atoms with van der Waals surface area (Å²) in [7, 11) is 5.98. The highest BCUT2D eigenvalue weighted by Crippen LogP contribution is 2.38. The van der Waals surface area contributed by atoms with Crippen molar-refractivity contribution in [1.29, 1.82) is 0 Å². The summed E-state index contributed by atoms with van der Waals surface area (Å²) in [5.41, 5.74) is 4.40. The Bertz CT molecular complexity index is 1220. The number of H-pyrrole nitrogens is 1. The predicted molar refractivity (Wildman–Crippen MR) is 123 cm³/mol. The zero-order chi connectivity index (χ0) is 24.1. The van der Waals surface area contributed by atoms with Gasteiger partial charge in [0.1, 0.15) is 5.75 Å². The van der Waals surface area contributed by atoms with Gasteiger partial charge in [0.05, 0.1) is 45.4 Å². The molecule has 174 valence electrons. The van der Waals surface area contributed by atoms with E-state index in [9.17, 15) is 9.59 Å². The highest BCUT2D eigenvalue weighted by atomic mass is 16.5.